The molecule has 0 radical (unpaired) electrons. The maximum absolute atomic E-state index is 13.4. The first-order valence-corrected chi connectivity index (χ1v) is 16.0. The van der Waals surface area contributed by atoms with E-state index in [1.807, 2.05) is 0 Å². The summed E-state index contributed by atoms with van der Waals surface area (Å²) in [6, 6.07) is -0.00462. The molecule has 1 aromatic rings. The number of amides is 5. The second kappa shape index (κ2) is 21.8. The molecule has 1 aromatic carbocycles. The highest BCUT2D eigenvalue weighted by Crippen LogP contribution is 2.12. The van der Waals surface area contributed by atoms with Gasteiger partial charge in [0.15, 0.2) is 5.96 Å². The number of carboxylic acid groups (broad SMARTS) is 1. The van der Waals surface area contributed by atoms with Crippen LogP contribution < -0.4 is 49.5 Å². The second-order valence-electron chi connectivity index (χ2n) is 11.8. The molecule has 0 spiro atoms. The lowest BCUT2D eigenvalue weighted by Gasteiger charge is -2.27. The Morgan fingerprint density at radius 3 is 1.86 bits per heavy atom. The number of carboxylic acids is 1. The molecular formula is C31H52N10O8. The highest BCUT2D eigenvalue weighted by atomic mass is 16.4. The first-order chi connectivity index (χ1) is 23.1. The maximum Gasteiger partial charge on any atom is 0.305 e. The molecule has 5 atom stereocenters. The molecule has 0 heterocycles. The number of likely N-dealkylation sites (N-methyl/N-ethyl adjacent to an activating group) is 1. The summed E-state index contributed by atoms with van der Waals surface area (Å²) >= 11 is 0. The number of hydrogen-bond donors (Lipinski definition) is 11. The molecule has 0 bridgehead atoms. The van der Waals surface area contributed by atoms with E-state index in [0.717, 1.165) is 0 Å². The van der Waals surface area contributed by atoms with Crippen molar-refractivity contribution in [3.63, 3.8) is 0 Å². The number of nitrogens with zero attached hydrogens (tertiary/aromatic N) is 1. The Labute approximate surface area is 285 Å². The fourth-order valence-corrected chi connectivity index (χ4v) is 4.67. The van der Waals surface area contributed by atoms with Crippen molar-refractivity contribution in [2.75, 3.05) is 20.1 Å². The van der Waals surface area contributed by atoms with Gasteiger partial charge in [-0.1, -0.05) is 26.0 Å². The summed E-state index contributed by atoms with van der Waals surface area (Å²) in [5.41, 5.74) is 23.0. The number of phenols is 1. The topological polar surface area (TPSA) is 319 Å². The standard InChI is InChI=1S/C31H52N10O8/c1-17(2)25(41-26(45)20(33)15-18-9-11-19(42)12-10-18)30(49)40-23(16-24(43)44)29(48)39-22(7-4-5-13-32)28(47)38-21(27(46)36-3)8-6-14-37-31(34)35/h9-12,17,20-23,25,42H,4-8,13-16,32-33H2,1-3H3,(H,36,46)(H,38,47)(H,39,48)(H,40,49)(H,41,45)(H,43,44)(H4,34,35,37)/t20-,21-,22-,23-,25-/m1/s1. The Balaban J connectivity index is 3.10. The lowest BCUT2D eigenvalue weighted by Crippen LogP contribution is -2.60. The van der Waals surface area contributed by atoms with Crippen molar-refractivity contribution in [2.45, 2.75) is 89.0 Å². The van der Waals surface area contributed by atoms with Gasteiger partial charge in [-0.25, -0.2) is 0 Å². The van der Waals surface area contributed by atoms with Crippen LogP contribution in [-0.2, 0) is 35.2 Å². The van der Waals surface area contributed by atoms with E-state index in [4.69, 9.17) is 22.9 Å². The first kappa shape index (κ1) is 42.1. The summed E-state index contributed by atoms with van der Waals surface area (Å²) < 4.78 is 0. The van der Waals surface area contributed by atoms with E-state index >= 15 is 0 Å². The number of nitrogens with two attached hydrogens (primary N) is 4. The zero-order valence-corrected chi connectivity index (χ0v) is 28.2. The molecule has 274 valence electrons. The number of unbranched alkanes of at least 4 members (excludes halogenated alkanes) is 1. The second-order valence-corrected chi connectivity index (χ2v) is 11.8. The number of carbonyl (C=O) groups excluding carboxylic acids is 5. The monoisotopic (exact) mass is 692 g/mol. The number of aliphatic carboxylic acids is 1. The summed E-state index contributed by atoms with van der Waals surface area (Å²) in [6.45, 7) is 3.80. The van der Waals surface area contributed by atoms with Crippen molar-refractivity contribution >= 4 is 41.5 Å². The van der Waals surface area contributed by atoms with Crippen molar-refractivity contribution in [3.8, 4) is 5.75 Å². The molecule has 0 aliphatic carbocycles. The number of guanidine groups is 1. The van der Waals surface area contributed by atoms with E-state index in [9.17, 15) is 39.0 Å². The van der Waals surface area contributed by atoms with Gasteiger partial charge in [0, 0.05) is 13.6 Å². The smallest absolute Gasteiger partial charge is 0.305 e. The van der Waals surface area contributed by atoms with E-state index < -0.39 is 78.1 Å². The average Bonchev–Trinajstić information content (AvgIpc) is 3.03. The van der Waals surface area contributed by atoms with Crippen LogP contribution >= 0.6 is 0 Å². The van der Waals surface area contributed by atoms with Gasteiger partial charge in [-0.05, 0) is 68.7 Å². The molecule has 0 aromatic heterocycles. The number of phenolic OH excluding ortho intramolecular Hbond substituents is 1. The lowest BCUT2D eigenvalue weighted by molar-refractivity contribution is -0.141. The molecule has 5 amide bonds. The fourth-order valence-electron chi connectivity index (χ4n) is 4.67. The zero-order valence-electron chi connectivity index (χ0n) is 28.2. The predicted molar refractivity (Wildman–Crippen MR) is 181 cm³/mol. The number of carbonyl (C=O) groups is 6. The summed E-state index contributed by atoms with van der Waals surface area (Å²) in [4.78, 5) is 81.1. The van der Waals surface area contributed by atoms with Crippen LogP contribution in [0.1, 0.15) is 57.9 Å². The van der Waals surface area contributed by atoms with E-state index in [-0.39, 0.29) is 37.5 Å². The van der Waals surface area contributed by atoms with Gasteiger partial charge in [-0.2, -0.15) is 0 Å². The van der Waals surface area contributed by atoms with E-state index in [1.54, 1.807) is 26.0 Å². The van der Waals surface area contributed by atoms with Crippen LogP contribution in [0, 0.1) is 5.92 Å². The quantitative estimate of drug-likeness (QED) is 0.0335. The average molecular weight is 693 g/mol. The van der Waals surface area contributed by atoms with Gasteiger partial charge in [0.1, 0.15) is 29.9 Å². The van der Waals surface area contributed by atoms with Gasteiger partial charge < -0.3 is 59.7 Å². The third-order valence-electron chi connectivity index (χ3n) is 7.39. The molecule has 0 aliphatic rings. The molecule has 1 rings (SSSR count). The molecule has 49 heavy (non-hydrogen) atoms. The van der Waals surface area contributed by atoms with Gasteiger partial charge in [-0.15, -0.1) is 0 Å². The van der Waals surface area contributed by atoms with Crippen LogP contribution in [0.5, 0.6) is 5.75 Å². The van der Waals surface area contributed by atoms with Crippen molar-refractivity contribution in [1.29, 1.82) is 0 Å². The number of hydrogen-bond acceptors (Lipinski definition) is 10. The van der Waals surface area contributed by atoms with E-state index in [0.29, 0.717) is 31.4 Å². The number of benzene rings is 1. The van der Waals surface area contributed by atoms with Crippen LogP contribution in [0.25, 0.3) is 0 Å². The molecular weight excluding hydrogens is 640 g/mol. The van der Waals surface area contributed by atoms with Gasteiger partial charge in [0.25, 0.3) is 0 Å². The number of aliphatic imine (C=N–C) groups is 1. The summed E-state index contributed by atoms with van der Waals surface area (Å²) in [6.07, 6.45) is 0.808. The van der Waals surface area contributed by atoms with Gasteiger partial charge in [0.2, 0.25) is 29.5 Å². The fraction of sp³-hybridized carbons (Fsp3) is 0.581. The Morgan fingerprint density at radius 1 is 0.776 bits per heavy atom. The Kier molecular flexibility index (Phi) is 18.7. The number of rotatable bonds is 22. The minimum absolute atomic E-state index is 0.0462. The highest BCUT2D eigenvalue weighted by molar-refractivity contribution is 5.97. The summed E-state index contributed by atoms with van der Waals surface area (Å²) in [7, 11) is 1.40. The third-order valence-corrected chi connectivity index (χ3v) is 7.39. The molecule has 0 saturated heterocycles. The highest BCUT2D eigenvalue weighted by Gasteiger charge is 2.33. The van der Waals surface area contributed by atoms with E-state index in [1.165, 1.54) is 19.2 Å². The van der Waals surface area contributed by atoms with Crippen LogP contribution in [0.4, 0.5) is 0 Å². The molecule has 0 saturated carbocycles. The SMILES string of the molecule is CNC(=O)[C@@H](CCCN=C(N)N)NC(=O)[C@@H](CCCCN)NC(=O)[C@@H](CC(=O)O)NC(=O)[C@H](NC(=O)[C@H](N)Cc1ccc(O)cc1)C(C)C. The molecule has 0 fully saturated rings. The van der Waals surface area contributed by atoms with Crippen molar-refractivity contribution < 1.29 is 39.0 Å². The summed E-state index contributed by atoms with van der Waals surface area (Å²) in [5.74, 6) is -5.67. The molecule has 0 aliphatic heterocycles. The predicted octanol–water partition coefficient (Wildman–Crippen LogP) is -2.74. The van der Waals surface area contributed by atoms with Crippen molar-refractivity contribution in [2.24, 2.45) is 33.8 Å². The normalized spacial score (nSPS) is 13.9. The Bertz CT molecular complexity index is 1290. The van der Waals surface area contributed by atoms with Gasteiger partial charge in [0.05, 0.1) is 12.5 Å². The van der Waals surface area contributed by atoms with Crippen molar-refractivity contribution in [1.82, 2.24) is 26.6 Å². The molecule has 0 unspecified atom stereocenters. The molecule has 15 N–H and O–H groups in total. The largest absolute Gasteiger partial charge is 0.508 e. The lowest BCUT2D eigenvalue weighted by atomic mass is 10.0. The maximum atomic E-state index is 13.4. The van der Waals surface area contributed by atoms with Crippen LogP contribution in [0.3, 0.4) is 0 Å². The molecule has 18 nitrogen and oxygen atoms in total. The zero-order chi connectivity index (χ0) is 37.1. The van der Waals surface area contributed by atoms with E-state index in [2.05, 4.69) is 31.6 Å². The summed E-state index contributed by atoms with van der Waals surface area (Å²) in [5, 5.41) is 31.5. The Hall–Kier alpha value is -4.97. The first-order valence-electron chi connectivity index (χ1n) is 16.0. The number of aromatic hydroxyl groups is 1. The minimum atomic E-state index is -1.63. The third kappa shape index (κ3) is 16.1. The number of nitrogens with one attached hydrogen (secondary N) is 5. The molecule has 18 heteroatoms. The van der Waals surface area contributed by atoms with Crippen LogP contribution in [0.2, 0.25) is 0 Å². The van der Waals surface area contributed by atoms with Crippen LogP contribution in [0.15, 0.2) is 29.3 Å². The minimum Gasteiger partial charge on any atom is -0.508 e. The van der Waals surface area contributed by atoms with Crippen LogP contribution in [-0.4, -0.2) is 102 Å². The van der Waals surface area contributed by atoms with Crippen molar-refractivity contribution in [3.05, 3.63) is 29.8 Å². The van der Waals surface area contributed by atoms with Gasteiger partial charge in [-0.3, -0.25) is 33.8 Å². The Morgan fingerprint density at radius 2 is 1.33 bits per heavy atom. The van der Waals surface area contributed by atoms with Gasteiger partial charge >= 0.3 is 5.97 Å².